The largest absolute Gasteiger partial charge is 0.454 e. The van der Waals surface area contributed by atoms with Crippen LogP contribution < -0.4 is 15.2 Å². The molecule has 4 rings (SSSR count). The molecule has 1 aliphatic rings. The molecule has 28 heavy (non-hydrogen) atoms. The number of nitrogen functional groups attached to an aromatic ring is 1. The number of fused-ring (bicyclic) bond motifs is 1. The molecule has 1 aromatic heterocycles. The van der Waals surface area contributed by atoms with Crippen LogP contribution in [0.3, 0.4) is 0 Å². The van der Waals surface area contributed by atoms with E-state index in [1.807, 2.05) is 6.07 Å². The number of pyridine rings is 1. The van der Waals surface area contributed by atoms with Crippen LogP contribution in [0, 0.1) is 21.4 Å². The molecule has 0 saturated heterocycles. The van der Waals surface area contributed by atoms with Gasteiger partial charge in [-0.05, 0) is 18.2 Å². The van der Waals surface area contributed by atoms with Crippen molar-refractivity contribution in [2.45, 2.75) is 0 Å². The van der Waals surface area contributed by atoms with E-state index < -0.39 is 4.92 Å². The standard InChI is InChI=1S/C19H11ClN4O4/c20-14-4-2-1-3-10(14)15-5-11(13(8-21)19(22)23-15)12-6-17-18(28-9-27-17)7-16(12)24(25)26/h1-7H,9H2,(H2,22,23). The maximum atomic E-state index is 11.6. The third-order valence-electron chi connectivity index (χ3n) is 4.29. The van der Waals surface area contributed by atoms with E-state index in [1.165, 1.54) is 12.1 Å². The summed E-state index contributed by atoms with van der Waals surface area (Å²) < 4.78 is 10.6. The quantitative estimate of drug-likeness (QED) is 0.522. The maximum absolute atomic E-state index is 11.6. The zero-order valence-corrected chi connectivity index (χ0v) is 14.9. The van der Waals surface area contributed by atoms with Crippen LogP contribution in [0.5, 0.6) is 11.5 Å². The van der Waals surface area contributed by atoms with Crippen LogP contribution in [-0.4, -0.2) is 16.7 Å². The zero-order valence-electron chi connectivity index (χ0n) is 14.2. The predicted molar refractivity (Wildman–Crippen MR) is 102 cm³/mol. The van der Waals surface area contributed by atoms with Crippen molar-refractivity contribution in [2.75, 3.05) is 12.5 Å². The molecule has 3 aromatic rings. The minimum Gasteiger partial charge on any atom is -0.454 e. The van der Waals surface area contributed by atoms with Gasteiger partial charge in [-0.25, -0.2) is 4.98 Å². The fourth-order valence-corrected chi connectivity index (χ4v) is 3.23. The second-order valence-corrected chi connectivity index (χ2v) is 6.29. The van der Waals surface area contributed by atoms with E-state index in [-0.39, 0.29) is 40.7 Å². The summed E-state index contributed by atoms with van der Waals surface area (Å²) in [5.74, 6) is 0.559. The second-order valence-electron chi connectivity index (χ2n) is 5.89. The zero-order chi connectivity index (χ0) is 19.8. The van der Waals surface area contributed by atoms with Crippen LogP contribution >= 0.6 is 11.6 Å². The highest BCUT2D eigenvalue weighted by molar-refractivity contribution is 6.33. The van der Waals surface area contributed by atoms with Crippen molar-refractivity contribution in [3.63, 3.8) is 0 Å². The Bertz CT molecular complexity index is 1170. The summed E-state index contributed by atoms with van der Waals surface area (Å²) in [7, 11) is 0. The van der Waals surface area contributed by atoms with Gasteiger partial charge in [0, 0.05) is 16.1 Å². The Morgan fingerprint density at radius 1 is 1.14 bits per heavy atom. The van der Waals surface area contributed by atoms with Gasteiger partial charge in [0.25, 0.3) is 5.69 Å². The van der Waals surface area contributed by atoms with E-state index in [4.69, 9.17) is 26.8 Å². The average Bonchev–Trinajstić information content (AvgIpc) is 3.14. The first-order valence-electron chi connectivity index (χ1n) is 8.03. The molecule has 9 heteroatoms. The molecule has 0 atom stereocenters. The van der Waals surface area contributed by atoms with Crippen LogP contribution in [0.1, 0.15) is 5.56 Å². The Hall–Kier alpha value is -3.83. The summed E-state index contributed by atoms with van der Waals surface area (Å²) in [4.78, 5) is 15.3. The Balaban J connectivity index is 2.02. The predicted octanol–water partition coefficient (Wildman–Crippen LogP) is 4.16. The molecule has 0 saturated carbocycles. The van der Waals surface area contributed by atoms with Crippen LogP contribution in [0.2, 0.25) is 5.02 Å². The average molecular weight is 395 g/mol. The molecule has 0 radical (unpaired) electrons. The lowest BCUT2D eigenvalue weighted by atomic mass is 9.96. The van der Waals surface area contributed by atoms with Crippen LogP contribution in [0.4, 0.5) is 11.5 Å². The summed E-state index contributed by atoms with van der Waals surface area (Å²) in [5.41, 5.74) is 7.19. The van der Waals surface area contributed by atoms with E-state index in [1.54, 1.807) is 30.3 Å². The number of hydrogen-bond donors (Lipinski definition) is 1. The van der Waals surface area contributed by atoms with Gasteiger partial charge in [-0.3, -0.25) is 10.1 Å². The van der Waals surface area contributed by atoms with E-state index in [9.17, 15) is 15.4 Å². The third-order valence-corrected chi connectivity index (χ3v) is 4.62. The normalized spacial score (nSPS) is 11.9. The fraction of sp³-hybridized carbons (Fsp3) is 0.0526. The van der Waals surface area contributed by atoms with Crippen molar-refractivity contribution in [3.8, 4) is 40.0 Å². The highest BCUT2D eigenvalue weighted by Gasteiger charge is 2.27. The molecule has 1 aliphatic heterocycles. The number of benzene rings is 2. The molecule has 2 N–H and O–H groups in total. The summed E-state index contributed by atoms with van der Waals surface area (Å²) in [6, 6.07) is 13.2. The monoisotopic (exact) mass is 394 g/mol. The molecule has 0 spiro atoms. The minimum atomic E-state index is -0.551. The van der Waals surface area contributed by atoms with Crippen molar-refractivity contribution >= 4 is 23.1 Å². The number of nitrogens with two attached hydrogens (primary N) is 1. The molecular formula is C19H11ClN4O4. The van der Waals surface area contributed by atoms with Crippen LogP contribution in [0.25, 0.3) is 22.4 Å². The Morgan fingerprint density at radius 3 is 2.54 bits per heavy atom. The van der Waals surface area contributed by atoms with E-state index in [2.05, 4.69) is 4.98 Å². The molecular weight excluding hydrogens is 384 g/mol. The van der Waals surface area contributed by atoms with Crippen LogP contribution in [-0.2, 0) is 0 Å². The first-order chi connectivity index (χ1) is 13.5. The number of rotatable bonds is 3. The smallest absolute Gasteiger partial charge is 0.281 e. The highest BCUT2D eigenvalue weighted by Crippen LogP contribution is 2.44. The molecule has 2 heterocycles. The molecule has 0 unspecified atom stereocenters. The van der Waals surface area contributed by atoms with Crippen molar-refractivity contribution in [1.29, 1.82) is 5.26 Å². The summed E-state index contributed by atoms with van der Waals surface area (Å²) in [6.07, 6.45) is 0. The van der Waals surface area contributed by atoms with E-state index >= 15 is 0 Å². The van der Waals surface area contributed by atoms with Crippen LogP contribution in [0.15, 0.2) is 42.5 Å². The van der Waals surface area contributed by atoms with Gasteiger partial charge in [0.05, 0.1) is 22.2 Å². The van der Waals surface area contributed by atoms with Gasteiger partial charge >= 0.3 is 0 Å². The topological polar surface area (TPSA) is 124 Å². The van der Waals surface area contributed by atoms with Gasteiger partial charge in [-0.1, -0.05) is 29.8 Å². The fourth-order valence-electron chi connectivity index (χ4n) is 3.00. The number of nitrogens with zero attached hydrogens (tertiary/aromatic N) is 3. The van der Waals surface area contributed by atoms with Gasteiger partial charge in [0.15, 0.2) is 11.5 Å². The summed E-state index contributed by atoms with van der Waals surface area (Å²) in [6.45, 7) is -0.0373. The van der Waals surface area contributed by atoms with Crippen molar-refractivity contribution in [2.24, 2.45) is 0 Å². The number of aromatic nitrogens is 1. The lowest BCUT2D eigenvalue weighted by Gasteiger charge is -2.12. The molecule has 0 fully saturated rings. The van der Waals surface area contributed by atoms with Gasteiger partial charge in [-0.15, -0.1) is 0 Å². The minimum absolute atomic E-state index is 0.0257. The molecule has 0 bridgehead atoms. The van der Waals surface area contributed by atoms with E-state index in [0.717, 1.165) is 0 Å². The maximum Gasteiger partial charge on any atom is 0.281 e. The number of nitro groups is 1. The number of ether oxygens (including phenoxy) is 2. The summed E-state index contributed by atoms with van der Waals surface area (Å²) in [5, 5.41) is 21.7. The Morgan fingerprint density at radius 2 is 1.86 bits per heavy atom. The lowest BCUT2D eigenvalue weighted by Crippen LogP contribution is -2.01. The van der Waals surface area contributed by atoms with E-state index in [0.29, 0.717) is 22.0 Å². The molecule has 2 aromatic carbocycles. The number of nitriles is 1. The summed E-state index contributed by atoms with van der Waals surface area (Å²) >= 11 is 6.25. The van der Waals surface area contributed by atoms with Gasteiger partial charge in [0.2, 0.25) is 6.79 Å². The number of nitro benzene ring substituents is 1. The third kappa shape index (κ3) is 2.84. The lowest BCUT2D eigenvalue weighted by molar-refractivity contribution is -0.384. The molecule has 0 amide bonds. The Kier molecular flexibility index (Phi) is 4.22. The number of halogens is 1. The van der Waals surface area contributed by atoms with Gasteiger partial charge in [0.1, 0.15) is 17.5 Å². The molecule has 138 valence electrons. The Labute approximate surface area is 163 Å². The van der Waals surface area contributed by atoms with Crippen molar-refractivity contribution in [1.82, 2.24) is 4.98 Å². The second kappa shape index (κ2) is 6.72. The number of hydrogen-bond acceptors (Lipinski definition) is 7. The highest BCUT2D eigenvalue weighted by atomic mass is 35.5. The SMILES string of the molecule is N#Cc1c(-c2cc3c(cc2[N+](=O)[O-])OCO3)cc(-c2ccccc2Cl)nc1N. The van der Waals surface area contributed by atoms with Gasteiger partial charge < -0.3 is 15.2 Å². The van der Waals surface area contributed by atoms with Gasteiger partial charge in [-0.2, -0.15) is 5.26 Å². The van der Waals surface area contributed by atoms with Crippen molar-refractivity contribution < 1.29 is 14.4 Å². The van der Waals surface area contributed by atoms with Crippen molar-refractivity contribution in [3.05, 3.63) is 63.2 Å². The first kappa shape index (κ1) is 17.6. The molecule has 0 aliphatic carbocycles. The first-order valence-corrected chi connectivity index (χ1v) is 8.41. The number of anilines is 1. The molecule has 8 nitrogen and oxygen atoms in total.